The maximum atomic E-state index is 12.7. The minimum absolute atomic E-state index is 0.124. The molecule has 1 aromatic rings. The predicted molar refractivity (Wildman–Crippen MR) is 99.6 cm³/mol. The Bertz CT molecular complexity index is 764. The van der Waals surface area contributed by atoms with Gasteiger partial charge in [-0.05, 0) is 63.5 Å². The summed E-state index contributed by atoms with van der Waals surface area (Å²) in [6, 6.07) is 4.41. The molecular formula is C19H27NO6S. The molecule has 27 heavy (non-hydrogen) atoms. The lowest BCUT2D eigenvalue weighted by atomic mass is 9.87. The van der Waals surface area contributed by atoms with Gasteiger partial charge in [0.25, 0.3) is 0 Å². The molecule has 8 heteroatoms. The van der Waals surface area contributed by atoms with Crippen LogP contribution in [0.25, 0.3) is 0 Å². The quantitative estimate of drug-likeness (QED) is 0.733. The van der Waals surface area contributed by atoms with Gasteiger partial charge < -0.3 is 14.6 Å². The highest BCUT2D eigenvalue weighted by atomic mass is 32.2. The predicted octanol–water partition coefficient (Wildman–Crippen LogP) is 2.94. The van der Waals surface area contributed by atoms with Crippen molar-refractivity contribution < 1.29 is 27.8 Å². The van der Waals surface area contributed by atoms with Gasteiger partial charge in [0, 0.05) is 12.1 Å². The zero-order valence-electron chi connectivity index (χ0n) is 15.5. The molecule has 2 saturated carbocycles. The van der Waals surface area contributed by atoms with Crippen molar-refractivity contribution in [1.82, 2.24) is 4.72 Å². The summed E-state index contributed by atoms with van der Waals surface area (Å²) in [5.74, 6) is -0.221. The van der Waals surface area contributed by atoms with Gasteiger partial charge in [0.05, 0.1) is 24.0 Å². The molecule has 0 bridgehead atoms. The highest BCUT2D eigenvalue weighted by molar-refractivity contribution is 7.89. The first-order chi connectivity index (χ1) is 12.9. The Hall–Kier alpha value is -1.80. The summed E-state index contributed by atoms with van der Waals surface area (Å²) < 4.78 is 39.4. The fourth-order valence-corrected chi connectivity index (χ4v) is 5.16. The number of carboxylic acid groups (broad SMARTS) is 1. The van der Waals surface area contributed by atoms with E-state index in [9.17, 15) is 13.2 Å². The van der Waals surface area contributed by atoms with Crippen molar-refractivity contribution in [1.29, 1.82) is 0 Å². The molecule has 0 aromatic heterocycles. The third kappa shape index (κ3) is 4.93. The summed E-state index contributed by atoms with van der Waals surface area (Å²) in [6.45, 7) is 0. The number of nitrogens with one attached hydrogen (secondary N) is 1. The van der Waals surface area contributed by atoms with Crippen molar-refractivity contribution in [2.24, 2.45) is 5.92 Å². The first-order valence-electron chi connectivity index (χ1n) is 9.49. The topological polar surface area (TPSA) is 102 Å². The van der Waals surface area contributed by atoms with Crippen LogP contribution >= 0.6 is 0 Å². The van der Waals surface area contributed by atoms with Crippen LogP contribution in [-0.4, -0.2) is 38.7 Å². The second-order valence-corrected chi connectivity index (χ2v) is 9.06. The van der Waals surface area contributed by atoms with Gasteiger partial charge in [-0.15, -0.1) is 0 Å². The Morgan fingerprint density at radius 1 is 1.07 bits per heavy atom. The minimum Gasteiger partial charge on any atom is -0.493 e. The molecule has 0 radical (unpaired) electrons. The number of sulfonamides is 1. The lowest BCUT2D eigenvalue weighted by Gasteiger charge is -2.26. The van der Waals surface area contributed by atoms with E-state index in [1.807, 2.05) is 0 Å². The number of rotatable bonds is 7. The number of carboxylic acids is 1. The second-order valence-electron chi connectivity index (χ2n) is 7.35. The standard InChI is InChI=1S/C19H27NO6S/c1-25-18-12-16(10-11-17(18)26-15-4-2-3-5-15)27(23,24)20-14-8-6-13(7-9-14)19(21)22/h10-15,20H,2-9H2,1H3,(H,21,22)/t13-,14-. The SMILES string of the molecule is COc1cc(S(=O)(=O)N[C@H]2CC[C@H](C(=O)O)CC2)ccc1OC1CCCC1. The van der Waals surface area contributed by atoms with Crippen LogP contribution in [0, 0.1) is 5.92 Å². The van der Waals surface area contributed by atoms with Gasteiger partial charge >= 0.3 is 5.97 Å². The summed E-state index contributed by atoms with van der Waals surface area (Å²) in [4.78, 5) is 11.2. The van der Waals surface area contributed by atoms with Gasteiger partial charge in [0.15, 0.2) is 11.5 Å². The Balaban J connectivity index is 1.68. The largest absolute Gasteiger partial charge is 0.493 e. The fourth-order valence-electron chi connectivity index (χ4n) is 3.84. The molecule has 1 aromatic carbocycles. The molecule has 2 fully saturated rings. The zero-order valence-corrected chi connectivity index (χ0v) is 16.3. The molecule has 0 amide bonds. The highest BCUT2D eigenvalue weighted by Crippen LogP contribution is 2.34. The van der Waals surface area contributed by atoms with Crippen LogP contribution in [0.1, 0.15) is 51.4 Å². The van der Waals surface area contributed by atoms with Crippen LogP contribution in [0.2, 0.25) is 0 Å². The van der Waals surface area contributed by atoms with Gasteiger partial charge in [-0.25, -0.2) is 13.1 Å². The maximum absolute atomic E-state index is 12.7. The Labute approximate surface area is 160 Å². The number of benzene rings is 1. The Kier molecular flexibility index (Phi) is 6.26. The molecule has 0 heterocycles. The Morgan fingerprint density at radius 2 is 1.74 bits per heavy atom. The maximum Gasteiger partial charge on any atom is 0.306 e. The average molecular weight is 397 g/mol. The van der Waals surface area contributed by atoms with Crippen molar-refractivity contribution in [3.05, 3.63) is 18.2 Å². The zero-order chi connectivity index (χ0) is 19.4. The van der Waals surface area contributed by atoms with E-state index in [1.54, 1.807) is 6.07 Å². The first kappa shape index (κ1) is 19.9. The number of hydrogen-bond acceptors (Lipinski definition) is 5. The van der Waals surface area contributed by atoms with Gasteiger partial charge in [0.1, 0.15) is 0 Å². The summed E-state index contributed by atoms with van der Waals surface area (Å²) in [6.07, 6.45) is 6.48. The van der Waals surface area contributed by atoms with Crippen molar-refractivity contribution in [3.63, 3.8) is 0 Å². The fraction of sp³-hybridized carbons (Fsp3) is 0.632. The molecule has 0 aliphatic heterocycles. The highest BCUT2D eigenvalue weighted by Gasteiger charge is 2.29. The van der Waals surface area contributed by atoms with Crippen LogP contribution in [0.3, 0.4) is 0 Å². The third-order valence-corrected chi connectivity index (χ3v) is 6.96. The number of methoxy groups -OCH3 is 1. The Morgan fingerprint density at radius 3 is 2.33 bits per heavy atom. The van der Waals surface area contributed by atoms with Crippen LogP contribution < -0.4 is 14.2 Å². The number of carbonyl (C=O) groups is 1. The van der Waals surface area contributed by atoms with E-state index in [2.05, 4.69) is 4.72 Å². The second kappa shape index (κ2) is 8.48. The average Bonchev–Trinajstić information content (AvgIpc) is 3.15. The van der Waals surface area contributed by atoms with E-state index in [-0.39, 0.29) is 23.0 Å². The monoisotopic (exact) mass is 397 g/mol. The summed E-state index contributed by atoms with van der Waals surface area (Å²) in [5, 5.41) is 9.06. The van der Waals surface area contributed by atoms with Gasteiger partial charge in [-0.2, -0.15) is 0 Å². The number of ether oxygens (including phenoxy) is 2. The van der Waals surface area contributed by atoms with E-state index in [1.165, 1.54) is 19.2 Å². The summed E-state index contributed by atoms with van der Waals surface area (Å²) >= 11 is 0. The molecule has 2 aliphatic carbocycles. The third-order valence-electron chi connectivity index (χ3n) is 5.44. The van der Waals surface area contributed by atoms with E-state index in [0.717, 1.165) is 25.7 Å². The van der Waals surface area contributed by atoms with Gasteiger partial charge in [-0.1, -0.05) is 0 Å². The summed E-state index contributed by atoms with van der Waals surface area (Å²) in [7, 11) is -2.21. The first-order valence-corrected chi connectivity index (χ1v) is 11.0. The number of aliphatic carboxylic acids is 1. The van der Waals surface area contributed by atoms with Gasteiger partial charge in [-0.3, -0.25) is 4.79 Å². The molecule has 0 atom stereocenters. The van der Waals surface area contributed by atoms with E-state index in [0.29, 0.717) is 37.2 Å². The van der Waals surface area contributed by atoms with Crippen molar-refractivity contribution in [2.75, 3.05) is 7.11 Å². The van der Waals surface area contributed by atoms with Crippen molar-refractivity contribution >= 4 is 16.0 Å². The van der Waals surface area contributed by atoms with Crippen LogP contribution in [0.4, 0.5) is 0 Å². The molecule has 3 rings (SSSR count). The van der Waals surface area contributed by atoms with Crippen LogP contribution in [0.5, 0.6) is 11.5 Å². The smallest absolute Gasteiger partial charge is 0.306 e. The van der Waals surface area contributed by atoms with Crippen molar-refractivity contribution in [3.8, 4) is 11.5 Å². The lowest BCUT2D eigenvalue weighted by molar-refractivity contribution is -0.142. The van der Waals surface area contributed by atoms with E-state index >= 15 is 0 Å². The lowest BCUT2D eigenvalue weighted by Crippen LogP contribution is -2.38. The molecule has 0 unspecified atom stereocenters. The minimum atomic E-state index is -3.71. The van der Waals surface area contributed by atoms with E-state index < -0.39 is 16.0 Å². The van der Waals surface area contributed by atoms with Crippen molar-refractivity contribution in [2.45, 2.75) is 68.4 Å². The summed E-state index contributed by atoms with van der Waals surface area (Å²) in [5.41, 5.74) is 0. The molecule has 2 aliphatic rings. The molecule has 0 saturated heterocycles. The molecule has 7 nitrogen and oxygen atoms in total. The van der Waals surface area contributed by atoms with Gasteiger partial charge in [0.2, 0.25) is 10.0 Å². The molecular weight excluding hydrogens is 370 g/mol. The molecule has 150 valence electrons. The van der Waals surface area contributed by atoms with Crippen LogP contribution in [0.15, 0.2) is 23.1 Å². The normalized spacial score (nSPS) is 23.9. The van der Waals surface area contributed by atoms with Crippen LogP contribution in [-0.2, 0) is 14.8 Å². The molecule has 2 N–H and O–H groups in total. The number of hydrogen-bond donors (Lipinski definition) is 2. The molecule has 0 spiro atoms. The van der Waals surface area contributed by atoms with E-state index in [4.69, 9.17) is 14.6 Å².